The first-order valence-electron chi connectivity index (χ1n) is 4.96. The van der Waals surface area contributed by atoms with Crippen LogP contribution in [0.4, 0.5) is 13.2 Å². The van der Waals surface area contributed by atoms with Crippen molar-refractivity contribution >= 4 is 5.97 Å². The van der Waals surface area contributed by atoms with E-state index in [4.69, 9.17) is 5.73 Å². The minimum absolute atomic E-state index is 0.196. The number of halogens is 3. The molecule has 0 spiro atoms. The molecule has 1 aromatic carbocycles. The Morgan fingerprint density at radius 2 is 2.06 bits per heavy atom. The van der Waals surface area contributed by atoms with E-state index in [-0.39, 0.29) is 6.61 Å². The third kappa shape index (κ3) is 2.76. The standard InChI is InChI=1S/C11H12F3NO2/c1-2-17-10(16)11(13,14)9(15)7-5-3-4-6-8(7)12/h3-6,9H,2,15H2,1H3/t9-/m1/s1. The van der Waals surface area contributed by atoms with E-state index in [1.807, 2.05) is 0 Å². The maximum Gasteiger partial charge on any atom is 0.379 e. The van der Waals surface area contributed by atoms with Gasteiger partial charge in [0.25, 0.3) is 0 Å². The van der Waals surface area contributed by atoms with Gasteiger partial charge in [-0.25, -0.2) is 9.18 Å². The van der Waals surface area contributed by atoms with Gasteiger partial charge in [0.2, 0.25) is 0 Å². The minimum Gasteiger partial charge on any atom is -0.462 e. The number of benzene rings is 1. The lowest BCUT2D eigenvalue weighted by atomic mass is 10.0. The molecule has 1 rings (SSSR count). The monoisotopic (exact) mass is 247 g/mol. The highest BCUT2D eigenvalue weighted by Crippen LogP contribution is 2.31. The van der Waals surface area contributed by atoms with E-state index in [0.29, 0.717) is 0 Å². The van der Waals surface area contributed by atoms with Gasteiger partial charge in [0, 0.05) is 5.56 Å². The molecule has 0 saturated heterocycles. The van der Waals surface area contributed by atoms with Crippen molar-refractivity contribution in [2.75, 3.05) is 6.61 Å². The number of hydrogen-bond donors (Lipinski definition) is 1. The summed E-state index contributed by atoms with van der Waals surface area (Å²) in [6.45, 7) is 1.20. The molecular formula is C11H12F3NO2. The predicted octanol–water partition coefficient (Wildman–Crippen LogP) is 2.02. The van der Waals surface area contributed by atoms with E-state index in [9.17, 15) is 18.0 Å². The Balaban J connectivity index is 3.00. The van der Waals surface area contributed by atoms with Crippen LogP contribution in [0.25, 0.3) is 0 Å². The van der Waals surface area contributed by atoms with Crippen LogP contribution in [0, 0.1) is 5.82 Å². The molecule has 0 aliphatic carbocycles. The average molecular weight is 247 g/mol. The molecule has 0 amide bonds. The number of ether oxygens (including phenoxy) is 1. The zero-order chi connectivity index (χ0) is 13.1. The summed E-state index contributed by atoms with van der Waals surface area (Å²) in [5.74, 6) is -6.60. The van der Waals surface area contributed by atoms with E-state index in [1.165, 1.54) is 19.1 Å². The van der Waals surface area contributed by atoms with Crippen LogP contribution in [0.1, 0.15) is 18.5 Å². The molecule has 0 aliphatic heterocycles. The van der Waals surface area contributed by atoms with Crippen molar-refractivity contribution in [2.24, 2.45) is 5.73 Å². The van der Waals surface area contributed by atoms with Gasteiger partial charge in [-0.2, -0.15) is 8.78 Å². The molecule has 94 valence electrons. The molecular weight excluding hydrogens is 235 g/mol. The number of hydrogen-bond acceptors (Lipinski definition) is 3. The Hall–Kier alpha value is -1.56. The smallest absolute Gasteiger partial charge is 0.379 e. The van der Waals surface area contributed by atoms with Gasteiger partial charge in [0.15, 0.2) is 0 Å². The molecule has 0 heterocycles. The third-order valence-corrected chi connectivity index (χ3v) is 2.18. The van der Waals surface area contributed by atoms with Crippen molar-refractivity contribution < 1.29 is 22.7 Å². The Morgan fingerprint density at radius 1 is 1.47 bits per heavy atom. The van der Waals surface area contributed by atoms with Crippen LogP contribution >= 0.6 is 0 Å². The molecule has 0 aliphatic rings. The summed E-state index contributed by atoms with van der Waals surface area (Å²) < 4.78 is 44.4. The van der Waals surface area contributed by atoms with E-state index in [0.717, 1.165) is 12.1 Å². The number of rotatable bonds is 4. The number of nitrogens with two attached hydrogens (primary N) is 1. The molecule has 0 unspecified atom stereocenters. The Bertz CT molecular complexity index is 409. The summed E-state index contributed by atoms with van der Waals surface area (Å²) in [6, 6.07) is 2.74. The molecule has 6 heteroatoms. The molecule has 0 saturated carbocycles. The van der Waals surface area contributed by atoms with Crippen LogP contribution in [-0.2, 0) is 9.53 Å². The highest BCUT2D eigenvalue weighted by molar-refractivity contribution is 5.78. The van der Waals surface area contributed by atoms with Gasteiger partial charge in [0.05, 0.1) is 6.61 Å². The number of carbonyl (C=O) groups excluding carboxylic acids is 1. The van der Waals surface area contributed by atoms with Gasteiger partial charge in [-0.1, -0.05) is 18.2 Å². The van der Waals surface area contributed by atoms with Crippen LogP contribution in [0.5, 0.6) is 0 Å². The molecule has 1 aromatic rings. The van der Waals surface area contributed by atoms with Crippen LogP contribution in [0.2, 0.25) is 0 Å². The Kier molecular flexibility index (Phi) is 4.11. The summed E-state index contributed by atoms with van der Waals surface area (Å²) in [7, 11) is 0. The first kappa shape index (κ1) is 13.5. The van der Waals surface area contributed by atoms with Crippen LogP contribution in [-0.4, -0.2) is 18.5 Å². The number of carbonyl (C=O) groups is 1. The van der Waals surface area contributed by atoms with Gasteiger partial charge in [-0.05, 0) is 13.0 Å². The highest BCUT2D eigenvalue weighted by Gasteiger charge is 2.48. The van der Waals surface area contributed by atoms with Gasteiger partial charge < -0.3 is 10.5 Å². The van der Waals surface area contributed by atoms with Gasteiger partial charge >= 0.3 is 11.9 Å². The normalized spacial score (nSPS) is 13.2. The highest BCUT2D eigenvalue weighted by atomic mass is 19.3. The predicted molar refractivity (Wildman–Crippen MR) is 54.9 cm³/mol. The Labute approximate surface area is 96.4 Å². The molecule has 0 bridgehead atoms. The number of alkyl halides is 2. The molecule has 17 heavy (non-hydrogen) atoms. The number of esters is 1. The van der Waals surface area contributed by atoms with Crippen molar-refractivity contribution in [2.45, 2.75) is 18.9 Å². The Morgan fingerprint density at radius 3 is 2.59 bits per heavy atom. The molecule has 1 atom stereocenters. The van der Waals surface area contributed by atoms with Crippen LogP contribution < -0.4 is 5.73 Å². The van der Waals surface area contributed by atoms with Gasteiger partial charge in [-0.15, -0.1) is 0 Å². The first-order chi connectivity index (χ1) is 7.91. The largest absolute Gasteiger partial charge is 0.462 e. The van der Waals surface area contributed by atoms with Crippen molar-refractivity contribution in [1.29, 1.82) is 0 Å². The average Bonchev–Trinajstić information content (AvgIpc) is 2.29. The van der Waals surface area contributed by atoms with Crippen LogP contribution in [0.15, 0.2) is 24.3 Å². The molecule has 0 aromatic heterocycles. The van der Waals surface area contributed by atoms with Crippen LogP contribution in [0.3, 0.4) is 0 Å². The second-order valence-electron chi connectivity index (χ2n) is 3.34. The van der Waals surface area contributed by atoms with Crippen molar-refractivity contribution in [3.63, 3.8) is 0 Å². The SMILES string of the molecule is CCOC(=O)C(F)(F)[C@H](N)c1ccccc1F. The van der Waals surface area contributed by atoms with E-state index in [2.05, 4.69) is 4.74 Å². The molecule has 2 N–H and O–H groups in total. The third-order valence-electron chi connectivity index (χ3n) is 2.18. The van der Waals surface area contributed by atoms with E-state index in [1.54, 1.807) is 0 Å². The second kappa shape index (κ2) is 5.18. The lowest BCUT2D eigenvalue weighted by Gasteiger charge is -2.22. The lowest BCUT2D eigenvalue weighted by molar-refractivity contribution is -0.174. The molecule has 0 fully saturated rings. The lowest BCUT2D eigenvalue weighted by Crippen LogP contribution is -2.42. The fourth-order valence-corrected chi connectivity index (χ4v) is 1.28. The van der Waals surface area contributed by atoms with Crippen molar-refractivity contribution in [3.05, 3.63) is 35.6 Å². The fraction of sp³-hybridized carbons (Fsp3) is 0.364. The second-order valence-corrected chi connectivity index (χ2v) is 3.34. The maximum atomic E-state index is 13.5. The molecule has 0 radical (unpaired) electrons. The topological polar surface area (TPSA) is 52.3 Å². The first-order valence-corrected chi connectivity index (χ1v) is 4.96. The quantitative estimate of drug-likeness (QED) is 0.828. The van der Waals surface area contributed by atoms with Crippen molar-refractivity contribution in [3.8, 4) is 0 Å². The summed E-state index contributed by atoms with van der Waals surface area (Å²) in [6.07, 6.45) is 0. The summed E-state index contributed by atoms with van der Waals surface area (Å²) in [4.78, 5) is 11.0. The molecule has 3 nitrogen and oxygen atoms in total. The summed E-state index contributed by atoms with van der Waals surface area (Å²) in [5, 5.41) is 0. The fourth-order valence-electron chi connectivity index (χ4n) is 1.28. The van der Waals surface area contributed by atoms with Gasteiger partial charge in [0.1, 0.15) is 11.9 Å². The zero-order valence-corrected chi connectivity index (χ0v) is 9.12. The zero-order valence-electron chi connectivity index (χ0n) is 9.12. The van der Waals surface area contributed by atoms with E-state index < -0.39 is 29.3 Å². The summed E-state index contributed by atoms with van der Waals surface area (Å²) in [5.41, 5.74) is 4.79. The van der Waals surface area contributed by atoms with Crippen molar-refractivity contribution in [1.82, 2.24) is 0 Å². The van der Waals surface area contributed by atoms with E-state index >= 15 is 0 Å². The summed E-state index contributed by atoms with van der Waals surface area (Å²) >= 11 is 0. The van der Waals surface area contributed by atoms with Gasteiger partial charge in [-0.3, -0.25) is 0 Å². The minimum atomic E-state index is -3.96. The maximum absolute atomic E-state index is 13.5.